The van der Waals surface area contributed by atoms with Crippen LogP contribution in [0.3, 0.4) is 0 Å². The zero-order valence-electron chi connectivity index (χ0n) is 16.4. The van der Waals surface area contributed by atoms with Crippen molar-refractivity contribution < 1.29 is 4.39 Å². The van der Waals surface area contributed by atoms with E-state index in [0.29, 0.717) is 17.0 Å². The summed E-state index contributed by atoms with van der Waals surface area (Å²) in [6, 6.07) is 12.5. The van der Waals surface area contributed by atoms with Gasteiger partial charge in [0.2, 0.25) is 0 Å². The molecule has 146 valence electrons. The van der Waals surface area contributed by atoms with E-state index in [-0.39, 0.29) is 17.9 Å². The summed E-state index contributed by atoms with van der Waals surface area (Å²) in [4.78, 5) is 13.4. The van der Waals surface area contributed by atoms with E-state index in [4.69, 9.17) is 0 Å². The highest BCUT2D eigenvalue weighted by atomic mass is 19.1. The van der Waals surface area contributed by atoms with Gasteiger partial charge in [-0.05, 0) is 56.0 Å². The highest BCUT2D eigenvalue weighted by Crippen LogP contribution is 2.41. The topological polar surface area (TPSA) is 52.7 Å². The quantitative estimate of drug-likeness (QED) is 0.525. The van der Waals surface area contributed by atoms with Crippen molar-refractivity contribution in [1.29, 1.82) is 0 Å². The molecule has 0 N–H and O–H groups in total. The van der Waals surface area contributed by atoms with Gasteiger partial charge in [0.15, 0.2) is 0 Å². The van der Waals surface area contributed by atoms with Crippen molar-refractivity contribution >= 4 is 10.9 Å². The predicted octanol–water partition coefficient (Wildman–Crippen LogP) is 4.26. The second kappa shape index (κ2) is 6.65. The fourth-order valence-electron chi connectivity index (χ4n) is 3.70. The normalized spacial score (nSPS) is 13.9. The van der Waals surface area contributed by atoms with Crippen LogP contribution in [0.2, 0.25) is 0 Å². The van der Waals surface area contributed by atoms with E-state index in [9.17, 15) is 9.18 Å². The lowest BCUT2D eigenvalue weighted by molar-refractivity contribution is 0.568. The van der Waals surface area contributed by atoms with Gasteiger partial charge in [-0.3, -0.25) is 4.79 Å². The Morgan fingerprint density at radius 2 is 1.90 bits per heavy atom. The van der Waals surface area contributed by atoms with Gasteiger partial charge < -0.3 is 0 Å². The van der Waals surface area contributed by atoms with Crippen LogP contribution in [0.5, 0.6) is 0 Å². The van der Waals surface area contributed by atoms with Crippen LogP contribution >= 0.6 is 0 Å². The molecule has 29 heavy (non-hydrogen) atoms. The van der Waals surface area contributed by atoms with Crippen molar-refractivity contribution in [3.63, 3.8) is 0 Å². The van der Waals surface area contributed by atoms with Crippen LogP contribution in [0.15, 0.2) is 53.5 Å². The number of aromatic nitrogens is 4. The molecule has 0 unspecified atom stereocenters. The number of hydrogen-bond acceptors (Lipinski definition) is 3. The third kappa shape index (κ3) is 3.05. The van der Waals surface area contributed by atoms with Crippen LogP contribution in [0.1, 0.15) is 41.1 Å². The average molecular weight is 388 g/mol. The van der Waals surface area contributed by atoms with Crippen molar-refractivity contribution in [2.45, 2.75) is 39.2 Å². The van der Waals surface area contributed by atoms with Gasteiger partial charge in [-0.25, -0.2) is 13.8 Å². The van der Waals surface area contributed by atoms with Crippen LogP contribution < -0.4 is 5.56 Å². The van der Waals surface area contributed by atoms with Crippen LogP contribution in [-0.4, -0.2) is 19.6 Å². The van der Waals surface area contributed by atoms with Gasteiger partial charge in [0, 0.05) is 16.9 Å². The number of nitrogens with zero attached hydrogens (tertiary/aromatic N) is 4. The smallest absolute Gasteiger partial charge is 0.265 e. The zero-order valence-corrected chi connectivity index (χ0v) is 16.4. The largest absolute Gasteiger partial charge is 0.293 e. The first-order valence-corrected chi connectivity index (χ1v) is 9.82. The highest BCUT2D eigenvalue weighted by Gasteiger charge is 2.30. The number of halogens is 1. The van der Waals surface area contributed by atoms with E-state index >= 15 is 0 Å². The van der Waals surface area contributed by atoms with Crippen molar-refractivity contribution in [1.82, 2.24) is 19.6 Å². The van der Waals surface area contributed by atoms with Gasteiger partial charge in [-0.1, -0.05) is 24.3 Å². The average Bonchev–Trinajstić information content (AvgIpc) is 3.46. The summed E-state index contributed by atoms with van der Waals surface area (Å²) in [6.07, 6.45) is 3.84. The molecule has 0 amide bonds. The van der Waals surface area contributed by atoms with E-state index in [1.807, 2.05) is 25.1 Å². The molecule has 5 rings (SSSR count). The molecule has 0 aliphatic heterocycles. The lowest BCUT2D eigenvalue weighted by Crippen LogP contribution is -2.27. The summed E-state index contributed by atoms with van der Waals surface area (Å²) in [6.45, 7) is 4.19. The second-order valence-electron chi connectivity index (χ2n) is 7.80. The molecule has 1 saturated carbocycles. The van der Waals surface area contributed by atoms with E-state index in [0.717, 1.165) is 35.2 Å². The Hall–Kier alpha value is -3.28. The molecule has 4 aromatic rings. The molecule has 0 spiro atoms. The monoisotopic (exact) mass is 388 g/mol. The molecule has 2 aromatic heterocycles. The minimum atomic E-state index is -0.336. The minimum Gasteiger partial charge on any atom is -0.265 e. The van der Waals surface area contributed by atoms with Gasteiger partial charge in [0.25, 0.3) is 5.56 Å². The van der Waals surface area contributed by atoms with Gasteiger partial charge in [0.1, 0.15) is 11.3 Å². The Morgan fingerprint density at radius 1 is 1.10 bits per heavy atom. The van der Waals surface area contributed by atoms with Gasteiger partial charge in [0.05, 0.1) is 24.1 Å². The molecular weight excluding hydrogens is 367 g/mol. The summed E-state index contributed by atoms with van der Waals surface area (Å²) < 4.78 is 17.3. The lowest BCUT2D eigenvalue weighted by atomic mass is 10.1. The predicted molar refractivity (Wildman–Crippen MR) is 110 cm³/mol. The molecule has 0 saturated heterocycles. The van der Waals surface area contributed by atoms with Crippen LogP contribution in [-0.2, 0) is 6.54 Å². The lowest BCUT2D eigenvalue weighted by Gasteiger charge is -2.11. The van der Waals surface area contributed by atoms with Gasteiger partial charge in [-0.15, -0.1) is 0 Å². The van der Waals surface area contributed by atoms with Crippen LogP contribution in [0.4, 0.5) is 4.39 Å². The molecule has 0 bridgehead atoms. The Balaban J connectivity index is 1.73. The third-order valence-corrected chi connectivity index (χ3v) is 5.69. The zero-order chi connectivity index (χ0) is 20.1. The first kappa shape index (κ1) is 17.8. The van der Waals surface area contributed by atoms with E-state index < -0.39 is 0 Å². The molecular formula is C23H21FN4O. The number of aryl methyl sites for hydroxylation is 2. The van der Waals surface area contributed by atoms with E-state index in [1.165, 1.54) is 16.3 Å². The number of rotatable bonds is 4. The molecule has 1 fully saturated rings. The molecule has 1 aliphatic carbocycles. The standard InChI is InChI=1S/C23H21FN4O/c1-14-7-10-18(11-15(14)2)28-22-19(12-25-28)21(16-8-9-16)26-27(23(22)29)13-17-5-3-4-6-20(17)24/h3-7,10-12,16H,8-9,13H2,1-2H3. The Morgan fingerprint density at radius 3 is 2.62 bits per heavy atom. The highest BCUT2D eigenvalue weighted by molar-refractivity contribution is 5.82. The first-order valence-electron chi connectivity index (χ1n) is 9.82. The molecule has 5 nitrogen and oxygen atoms in total. The molecule has 2 aromatic carbocycles. The fraction of sp³-hybridized carbons (Fsp3) is 0.261. The van der Waals surface area contributed by atoms with Gasteiger partial charge in [-0.2, -0.15) is 10.2 Å². The minimum absolute atomic E-state index is 0.0965. The van der Waals surface area contributed by atoms with E-state index in [1.54, 1.807) is 29.1 Å². The SMILES string of the molecule is Cc1ccc(-n2ncc3c(C4CC4)nn(Cc4ccccc4F)c(=O)c32)cc1C. The van der Waals surface area contributed by atoms with E-state index in [2.05, 4.69) is 17.1 Å². The molecule has 2 heterocycles. The summed E-state index contributed by atoms with van der Waals surface area (Å²) in [5, 5.41) is 9.94. The molecule has 1 aliphatic rings. The summed E-state index contributed by atoms with van der Waals surface area (Å²) in [5.41, 5.74) is 4.72. The first-order chi connectivity index (χ1) is 14.0. The Kier molecular flexibility index (Phi) is 4.08. The maximum absolute atomic E-state index is 14.2. The number of hydrogen-bond donors (Lipinski definition) is 0. The summed E-state index contributed by atoms with van der Waals surface area (Å²) in [5.74, 6) is -0.000639. The van der Waals surface area contributed by atoms with Crippen molar-refractivity contribution in [2.75, 3.05) is 0 Å². The second-order valence-corrected chi connectivity index (χ2v) is 7.80. The molecule has 0 atom stereocenters. The van der Waals surface area contributed by atoms with Crippen molar-refractivity contribution in [3.8, 4) is 5.69 Å². The molecule has 0 radical (unpaired) electrons. The number of fused-ring (bicyclic) bond motifs is 1. The Labute approximate surface area is 167 Å². The van der Waals surface area contributed by atoms with Crippen molar-refractivity contribution in [2.24, 2.45) is 0 Å². The Bertz CT molecular complexity index is 1300. The summed E-state index contributed by atoms with van der Waals surface area (Å²) in [7, 11) is 0. The van der Waals surface area contributed by atoms with Crippen LogP contribution in [0, 0.1) is 19.7 Å². The maximum Gasteiger partial charge on any atom is 0.293 e. The fourth-order valence-corrected chi connectivity index (χ4v) is 3.70. The third-order valence-electron chi connectivity index (χ3n) is 5.69. The van der Waals surface area contributed by atoms with Crippen LogP contribution in [0.25, 0.3) is 16.6 Å². The van der Waals surface area contributed by atoms with Crippen molar-refractivity contribution in [3.05, 3.63) is 87.2 Å². The molecule has 6 heteroatoms. The maximum atomic E-state index is 14.2. The number of benzene rings is 2. The summed E-state index contributed by atoms with van der Waals surface area (Å²) >= 11 is 0. The van der Waals surface area contributed by atoms with Gasteiger partial charge >= 0.3 is 0 Å².